The van der Waals surface area contributed by atoms with Crippen LogP contribution in [-0.2, 0) is 22.0 Å². The number of nitrogens with two attached hydrogens (primary N) is 1. The number of hydrogen-bond acceptors (Lipinski definition) is 7. The lowest BCUT2D eigenvalue weighted by molar-refractivity contribution is -0.139. The molecule has 0 aliphatic rings. The lowest BCUT2D eigenvalue weighted by Crippen LogP contribution is -2.38. The van der Waals surface area contributed by atoms with Crippen LogP contribution in [0.5, 0.6) is 0 Å². The molecule has 94 valence electrons. The molecular formula is C7H15N3O4S2. The Morgan fingerprint density at radius 2 is 1.88 bits per heavy atom. The normalized spacial score (nSPS) is 13.1. The molecule has 0 aromatic rings. The highest BCUT2D eigenvalue weighted by Crippen LogP contribution is 2.04. The number of carbonyl (C=O) groups is 2. The first-order valence-electron chi connectivity index (χ1n) is 4.15. The highest BCUT2D eigenvalue weighted by Gasteiger charge is 2.17. The fourth-order valence-corrected chi connectivity index (χ4v) is 1.74. The number of nitrogens with one attached hydrogen (secondary N) is 2. The summed E-state index contributed by atoms with van der Waals surface area (Å²) in [5.41, 5.74) is 5.23. The van der Waals surface area contributed by atoms with Crippen LogP contribution in [-0.4, -0.2) is 52.8 Å². The Morgan fingerprint density at radius 1 is 1.38 bits per heavy atom. The zero-order valence-corrected chi connectivity index (χ0v) is 10.3. The first-order valence-corrected chi connectivity index (χ1v) is 5.72. The molecule has 2 atom stereocenters. The molecule has 0 radical (unpaired) electrons. The molecule has 16 heavy (non-hydrogen) atoms. The standard InChI is InChI=1S/C7H14N2O4S.HNS/c1-9-5(7(12)13)3-14-2-4(8)6(10)11;1-2/h4-5,9H,2-3,8H2,1H3,(H,10,11)(H,12,13);1H. The van der Waals surface area contributed by atoms with Gasteiger partial charge >= 0.3 is 11.9 Å². The van der Waals surface area contributed by atoms with Crippen LogP contribution in [0.2, 0.25) is 0 Å². The smallest absolute Gasteiger partial charge is 0.321 e. The zero-order valence-electron chi connectivity index (χ0n) is 8.67. The molecule has 0 spiro atoms. The molecule has 7 nitrogen and oxygen atoms in total. The summed E-state index contributed by atoms with van der Waals surface area (Å²) in [7, 11) is 1.54. The fourth-order valence-electron chi connectivity index (χ4n) is 0.662. The molecule has 0 heterocycles. The van der Waals surface area contributed by atoms with E-state index in [4.69, 9.17) is 20.7 Å². The summed E-state index contributed by atoms with van der Waals surface area (Å²) in [4.78, 5) is 20.8. The maximum atomic E-state index is 10.5. The Bertz CT molecular complexity index is 230. The van der Waals surface area contributed by atoms with Crippen molar-refractivity contribution >= 4 is 36.1 Å². The summed E-state index contributed by atoms with van der Waals surface area (Å²) in [5, 5.41) is 19.7. The molecule has 9 heteroatoms. The van der Waals surface area contributed by atoms with Crippen LogP contribution >= 0.6 is 11.8 Å². The average Bonchev–Trinajstić information content (AvgIpc) is 2.26. The van der Waals surface area contributed by atoms with Crippen molar-refractivity contribution in [1.82, 2.24) is 5.32 Å². The molecule has 0 aliphatic carbocycles. The van der Waals surface area contributed by atoms with Gasteiger partial charge in [0.1, 0.15) is 12.1 Å². The third-order valence-corrected chi connectivity index (χ3v) is 2.71. The average molecular weight is 269 g/mol. The van der Waals surface area contributed by atoms with Gasteiger partial charge in [-0.15, -0.1) is 0 Å². The first kappa shape index (κ1) is 17.6. The molecule has 0 bridgehead atoms. The van der Waals surface area contributed by atoms with Crippen molar-refractivity contribution < 1.29 is 19.8 Å². The van der Waals surface area contributed by atoms with E-state index in [1.165, 1.54) is 18.8 Å². The van der Waals surface area contributed by atoms with Crippen molar-refractivity contribution in [3.63, 3.8) is 0 Å². The number of carboxylic acid groups (broad SMARTS) is 2. The molecule has 2 unspecified atom stereocenters. The highest BCUT2D eigenvalue weighted by atomic mass is 32.2. The van der Waals surface area contributed by atoms with Crippen molar-refractivity contribution in [2.75, 3.05) is 18.6 Å². The van der Waals surface area contributed by atoms with E-state index >= 15 is 0 Å². The van der Waals surface area contributed by atoms with E-state index in [1.807, 2.05) is 0 Å². The Labute approximate surface area is 103 Å². The summed E-state index contributed by atoms with van der Waals surface area (Å²) in [5.74, 6) is -1.52. The van der Waals surface area contributed by atoms with Crippen molar-refractivity contribution in [1.29, 1.82) is 4.78 Å². The van der Waals surface area contributed by atoms with Gasteiger partial charge in [0.15, 0.2) is 0 Å². The number of thioether (sulfide) groups is 1. The van der Waals surface area contributed by atoms with Crippen molar-refractivity contribution in [2.45, 2.75) is 12.1 Å². The maximum absolute atomic E-state index is 10.5. The molecule has 6 N–H and O–H groups in total. The van der Waals surface area contributed by atoms with Gasteiger partial charge in [0.25, 0.3) is 0 Å². The second-order valence-corrected chi connectivity index (χ2v) is 3.74. The molecule has 0 fully saturated rings. The van der Waals surface area contributed by atoms with E-state index in [9.17, 15) is 9.59 Å². The largest absolute Gasteiger partial charge is 0.480 e. The van der Waals surface area contributed by atoms with Gasteiger partial charge in [-0.05, 0) is 7.05 Å². The van der Waals surface area contributed by atoms with E-state index < -0.39 is 24.0 Å². The van der Waals surface area contributed by atoms with E-state index in [0.29, 0.717) is 5.75 Å². The van der Waals surface area contributed by atoms with Gasteiger partial charge in [0.05, 0.1) is 0 Å². The SMILES string of the molecule is CNC(CSCC(N)C(=O)O)C(=O)O.N=S. The summed E-state index contributed by atoms with van der Waals surface area (Å²) in [6.07, 6.45) is 0. The molecule has 0 aromatic carbocycles. The van der Waals surface area contributed by atoms with Crippen LogP contribution in [0.25, 0.3) is 0 Å². The summed E-state index contributed by atoms with van der Waals surface area (Å²) in [6, 6.07) is -1.60. The number of likely N-dealkylation sites (N-methyl/N-ethyl adjacent to an activating group) is 1. The maximum Gasteiger partial charge on any atom is 0.321 e. The third-order valence-electron chi connectivity index (χ3n) is 1.55. The lowest BCUT2D eigenvalue weighted by atomic mass is 10.3. The first-order chi connectivity index (χ1) is 7.49. The molecule has 0 aromatic heterocycles. The molecular weight excluding hydrogens is 254 g/mol. The van der Waals surface area contributed by atoms with Gasteiger partial charge in [-0.2, -0.15) is 11.8 Å². The monoisotopic (exact) mass is 269 g/mol. The van der Waals surface area contributed by atoms with Crippen LogP contribution in [0.3, 0.4) is 0 Å². The van der Waals surface area contributed by atoms with Crippen LogP contribution < -0.4 is 11.1 Å². The van der Waals surface area contributed by atoms with E-state index in [-0.39, 0.29) is 5.75 Å². The number of rotatable bonds is 7. The molecule has 0 rings (SSSR count). The van der Waals surface area contributed by atoms with Crippen molar-refractivity contribution in [3.8, 4) is 0 Å². The summed E-state index contributed by atoms with van der Waals surface area (Å²) < 4.78 is 5.33. The third kappa shape index (κ3) is 8.53. The van der Waals surface area contributed by atoms with Crippen molar-refractivity contribution in [2.24, 2.45) is 5.73 Å². The van der Waals surface area contributed by atoms with Crippen LogP contribution in [0.15, 0.2) is 0 Å². The van der Waals surface area contributed by atoms with E-state index in [0.717, 1.165) is 0 Å². The van der Waals surface area contributed by atoms with E-state index in [2.05, 4.69) is 17.7 Å². The van der Waals surface area contributed by atoms with Crippen molar-refractivity contribution in [3.05, 3.63) is 0 Å². The van der Waals surface area contributed by atoms with E-state index in [1.54, 1.807) is 0 Å². The second kappa shape index (κ2) is 10.7. The zero-order chi connectivity index (χ0) is 13.1. The topological polar surface area (TPSA) is 136 Å². The predicted octanol–water partition coefficient (Wildman–Crippen LogP) is -0.900. The predicted molar refractivity (Wildman–Crippen MR) is 63.5 cm³/mol. The number of hydrogen-bond donors (Lipinski definition) is 5. The summed E-state index contributed by atoms with van der Waals surface area (Å²) >= 11 is 4.53. The van der Waals surface area contributed by atoms with Gasteiger partial charge in [-0.3, -0.25) is 9.59 Å². The van der Waals surface area contributed by atoms with Gasteiger partial charge in [-0.1, -0.05) is 0 Å². The van der Waals surface area contributed by atoms with Crippen LogP contribution in [0, 0.1) is 4.78 Å². The molecule has 0 saturated carbocycles. The Morgan fingerprint density at radius 3 is 2.19 bits per heavy atom. The quantitative estimate of drug-likeness (QED) is 0.401. The lowest BCUT2D eigenvalue weighted by Gasteiger charge is -2.11. The van der Waals surface area contributed by atoms with Gasteiger partial charge < -0.3 is 21.3 Å². The Hall–Kier alpha value is -0.770. The number of carboxylic acids is 2. The van der Waals surface area contributed by atoms with Crippen LogP contribution in [0.1, 0.15) is 0 Å². The molecule has 0 saturated heterocycles. The van der Waals surface area contributed by atoms with Gasteiger partial charge in [-0.25, -0.2) is 4.78 Å². The minimum absolute atomic E-state index is 0.209. The molecule has 0 amide bonds. The van der Waals surface area contributed by atoms with Gasteiger partial charge in [0.2, 0.25) is 0 Å². The number of aliphatic carboxylic acids is 2. The minimum atomic E-state index is -1.08. The second-order valence-electron chi connectivity index (χ2n) is 2.66. The fraction of sp³-hybridized carbons (Fsp3) is 0.714. The highest BCUT2D eigenvalue weighted by molar-refractivity contribution is 7.99. The molecule has 0 aliphatic heterocycles. The Kier molecular flexibility index (Phi) is 11.8. The minimum Gasteiger partial charge on any atom is -0.480 e. The summed E-state index contributed by atoms with van der Waals surface area (Å²) in [6.45, 7) is 0. The van der Waals surface area contributed by atoms with Gasteiger partial charge in [0, 0.05) is 23.9 Å². The van der Waals surface area contributed by atoms with Crippen LogP contribution in [0.4, 0.5) is 0 Å². The Balaban J connectivity index is 0.